The van der Waals surface area contributed by atoms with Gasteiger partial charge in [0.2, 0.25) is 0 Å². The lowest BCUT2D eigenvalue weighted by Crippen LogP contribution is -1.97. The molecule has 0 saturated carbocycles. The van der Waals surface area contributed by atoms with Crippen LogP contribution in [0.3, 0.4) is 0 Å². The average Bonchev–Trinajstić information content (AvgIpc) is 3.01. The predicted molar refractivity (Wildman–Crippen MR) is 75.3 cm³/mol. The first kappa shape index (κ1) is 12.3. The van der Waals surface area contributed by atoms with E-state index in [1.807, 2.05) is 12.1 Å². The van der Waals surface area contributed by atoms with Crippen molar-refractivity contribution in [1.29, 1.82) is 0 Å². The lowest BCUT2D eigenvalue weighted by atomic mass is 10.2. The summed E-state index contributed by atoms with van der Waals surface area (Å²) in [5, 5.41) is 4.25. The van der Waals surface area contributed by atoms with E-state index in [0.29, 0.717) is 4.88 Å². The Balaban J connectivity index is 2.16. The summed E-state index contributed by atoms with van der Waals surface area (Å²) in [4.78, 5) is 16.4. The highest BCUT2D eigenvalue weighted by Gasteiger charge is 2.17. The van der Waals surface area contributed by atoms with Crippen LogP contribution in [0.5, 0.6) is 0 Å². The molecule has 0 aliphatic rings. The van der Waals surface area contributed by atoms with Crippen LogP contribution in [0, 0.1) is 0 Å². The zero-order valence-electron chi connectivity index (χ0n) is 9.83. The third-order valence-electron chi connectivity index (χ3n) is 2.63. The van der Waals surface area contributed by atoms with Crippen LogP contribution in [0.15, 0.2) is 34.4 Å². The fourth-order valence-electron chi connectivity index (χ4n) is 1.76. The smallest absolute Gasteiger partial charge is 0.348 e. The van der Waals surface area contributed by atoms with Crippen LogP contribution >= 0.6 is 27.3 Å². The van der Waals surface area contributed by atoms with Crippen molar-refractivity contribution in [2.45, 2.75) is 0 Å². The number of carbonyl (C=O) groups is 1. The van der Waals surface area contributed by atoms with Crippen molar-refractivity contribution in [3.63, 3.8) is 0 Å². The molecule has 3 heterocycles. The number of ether oxygens (including phenoxy) is 1. The van der Waals surface area contributed by atoms with Crippen molar-refractivity contribution >= 4 is 38.9 Å². The third-order valence-corrected chi connectivity index (χ3v) is 4.44. The number of hydrogen-bond donors (Lipinski definition) is 0. The van der Waals surface area contributed by atoms with E-state index in [0.717, 1.165) is 20.7 Å². The highest BCUT2D eigenvalue weighted by Crippen LogP contribution is 2.36. The maximum atomic E-state index is 11.5. The van der Waals surface area contributed by atoms with Gasteiger partial charge in [0.25, 0.3) is 0 Å². The molecule has 0 aliphatic heterocycles. The maximum absolute atomic E-state index is 11.5. The van der Waals surface area contributed by atoms with E-state index < -0.39 is 0 Å². The summed E-state index contributed by atoms with van der Waals surface area (Å²) in [5.74, 6) is -0.348. The quantitative estimate of drug-likeness (QED) is 0.674. The van der Waals surface area contributed by atoms with Gasteiger partial charge in [0.1, 0.15) is 4.88 Å². The largest absolute Gasteiger partial charge is 0.465 e. The Kier molecular flexibility index (Phi) is 3.08. The molecule has 0 fully saturated rings. The number of hydrogen-bond acceptors (Lipinski definition) is 5. The molecule has 3 aromatic rings. The molecule has 96 valence electrons. The number of fused-ring (bicyclic) bond motifs is 1. The first-order valence-electron chi connectivity index (χ1n) is 5.37. The van der Waals surface area contributed by atoms with Crippen molar-refractivity contribution in [2.24, 2.45) is 0 Å². The van der Waals surface area contributed by atoms with Crippen molar-refractivity contribution in [2.75, 3.05) is 7.11 Å². The second-order valence-corrected chi connectivity index (χ2v) is 6.10. The van der Waals surface area contributed by atoms with Gasteiger partial charge in [-0.2, -0.15) is 5.10 Å². The first-order chi connectivity index (χ1) is 9.20. The molecule has 0 aromatic carbocycles. The molecule has 0 amide bonds. The minimum absolute atomic E-state index is 0.348. The minimum atomic E-state index is -0.348. The molecule has 5 nitrogen and oxygen atoms in total. The number of methoxy groups -OCH3 is 1. The van der Waals surface area contributed by atoms with Gasteiger partial charge in [-0.3, -0.25) is 0 Å². The lowest BCUT2D eigenvalue weighted by molar-refractivity contribution is 0.0606. The molecule has 3 aromatic heterocycles. The van der Waals surface area contributed by atoms with E-state index in [4.69, 9.17) is 4.74 Å². The number of imidazole rings is 1. The molecule has 0 spiro atoms. The zero-order valence-corrected chi connectivity index (χ0v) is 12.2. The first-order valence-corrected chi connectivity index (χ1v) is 6.98. The SMILES string of the molecule is COC(=O)c1cc(-c2cnc3cccnn23)c(Br)s1. The number of esters is 1. The number of aromatic nitrogens is 3. The van der Waals surface area contributed by atoms with Crippen LogP contribution in [0.4, 0.5) is 0 Å². The van der Waals surface area contributed by atoms with Gasteiger partial charge in [-0.1, -0.05) is 0 Å². The van der Waals surface area contributed by atoms with Crippen molar-refractivity contribution < 1.29 is 9.53 Å². The summed E-state index contributed by atoms with van der Waals surface area (Å²) in [6, 6.07) is 5.48. The molecule has 0 bridgehead atoms. The van der Waals surface area contributed by atoms with Crippen LogP contribution in [0.1, 0.15) is 9.67 Å². The molecule has 7 heteroatoms. The van der Waals surface area contributed by atoms with Gasteiger partial charge in [-0.05, 0) is 34.1 Å². The summed E-state index contributed by atoms with van der Waals surface area (Å²) in [7, 11) is 1.37. The summed E-state index contributed by atoms with van der Waals surface area (Å²) in [6.45, 7) is 0. The predicted octanol–water partition coefficient (Wildman–Crippen LogP) is 3.01. The van der Waals surface area contributed by atoms with Gasteiger partial charge >= 0.3 is 5.97 Å². The van der Waals surface area contributed by atoms with Gasteiger partial charge in [0, 0.05) is 11.8 Å². The summed E-state index contributed by atoms with van der Waals surface area (Å²) < 4.78 is 7.30. The Morgan fingerprint density at radius 2 is 2.37 bits per heavy atom. The van der Waals surface area contributed by atoms with E-state index in [2.05, 4.69) is 26.0 Å². The molecular formula is C12H8BrN3O2S. The number of thiophene rings is 1. The van der Waals surface area contributed by atoms with Crippen molar-refractivity contribution in [3.05, 3.63) is 39.3 Å². The van der Waals surface area contributed by atoms with Crippen molar-refractivity contribution in [3.8, 4) is 11.3 Å². The monoisotopic (exact) mass is 337 g/mol. The van der Waals surface area contributed by atoms with E-state index in [9.17, 15) is 4.79 Å². The molecule has 0 unspecified atom stereocenters. The Hall–Kier alpha value is -1.73. The Labute approximate surface area is 121 Å². The molecule has 0 saturated heterocycles. The molecule has 3 rings (SSSR count). The molecular weight excluding hydrogens is 330 g/mol. The summed E-state index contributed by atoms with van der Waals surface area (Å²) in [5.41, 5.74) is 2.46. The zero-order chi connectivity index (χ0) is 13.4. The van der Waals surface area contributed by atoms with Crippen LogP contribution in [-0.2, 0) is 4.74 Å². The fourth-order valence-corrected chi connectivity index (χ4v) is 3.41. The van der Waals surface area contributed by atoms with Gasteiger partial charge in [-0.15, -0.1) is 11.3 Å². The lowest BCUT2D eigenvalue weighted by Gasteiger charge is -1.97. The Bertz CT molecular complexity index is 765. The highest BCUT2D eigenvalue weighted by atomic mass is 79.9. The van der Waals surface area contributed by atoms with Crippen LogP contribution < -0.4 is 0 Å². The minimum Gasteiger partial charge on any atom is -0.465 e. The molecule has 0 N–H and O–H groups in total. The second-order valence-electron chi connectivity index (χ2n) is 3.73. The molecule has 19 heavy (non-hydrogen) atoms. The van der Waals surface area contributed by atoms with E-state index in [1.54, 1.807) is 23.0 Å². The number of halogens is 1. The summed E-state index contributed by atoms with van der Waals surface area (Å²) in [6.07, 6.45) is 3.43. The van der Waals surface area contributed by atoms with Gasteiger partial charge in [0.05, 0.1) is 22.8 Å². The van der Waals surface area contributed by atoms with Gasteiger partial charge < -0.3 is 4.74 Å². The average molecular weight is 338 g/mol. The normalized spacial score (nSPS) is 10.8. The van der Waals surface area contributed by atoms with E-state index in [1.165, 1.54) is 18.4 Å². The topological polar surface area (TPSA) is 56.5 Å². The Morgan fingerprint density at radius 1 is 1.53 bits per heavy atom. The van der Waals surface area contributed by atoms with Crippen molar-refractivity contribution in [1.82, 2.24) is 14.6 Å². The van der Waals surface area contributed by atoms with Gasteiger partial charge in [-0.25, -0.2) is 14.3 Å². The highest BCUT2D eigenvalue weighted by molar-refractivity contribution is 9.11. The van der Waals surface area contributed by atoms with Crippen LogP contribution in [-0.4, -0.2) is 27.7 Å². The van der Waals surface area contributed by atoms with Gasteiger partial charge in [0.15, 0.2) is 5.65 Å². The van der Waals surface area contributed by atoms with Crippen LogP contribution in [0.25, 0.3) is 16.9 Å². The second kappa shape index (κ2) is 4.75. The number of rotatable bonds is 2. The standard InChI is InChI=1S/C12H8BrN3O2S/c1-18-12(17)9-5-7(11(13)19-9)8-6-14-10-3-2-4-15-16(8)10/h2-6H,1H3. The third kappa shape index (κ3) is 2.04. The molecule has 0 aliphatic carbocycles. The number of carbonyl (C=O) groups excluding carboxylic acids is 1. The maximum Gasteiger partial charge on any atom is 0.348 e. The molecule has 0 atom stereocenters. The van der Waals surface area contributed by atoms with Crippen LogP contribution in [0.2, 0.25) is 0 Å². The molecule has 0 radical (unpaired) electrons. The van der Waals surface area contributed by atoms with E-state index in [-0.39, 0.29) is 5.97 Å². The number of nitrogens with zero attached hydrogens (tertiary/aromatic N) is 3. The summed E-state index contributed by atoms with van der Waals surface area (Å²) >= 11 is 4.79. The fraction of sp³-hybridized carbons (Fsp3) is 0.0833. The Morgan fingerprint density at radius 3 is 3.16 bits per heavy atom. The van der Waals surface area contributed by atoms with E-state index >= 15 is 0 Å².